The standard InChI is InChI=1S/C17H17N3O2S/c21-15-8-7-14(20-15)17(22)19-13-5-3-4-12(10-13)11-23-16-6-1-2-9-18-16/h1-6,9-10,14H,7-8,11H2,(H,19,22)(H,20,21)/t14-/m1/s1. The Hall–Kier alpha value is -2.34. The molecule has 23 heavy (non-hydrogen) atoms. The van der Waals surface area contributed by atoms with Gasteiger partial charge in [-0.05, 0) is 36.2 Å². The highest BCUT2D eigenvalue weighted by atomic mass is 32.2. The van der Waals surface area contributed by atoms with Gasteiger partial charge in [-0.25, -0.2) is 4.98 Å². The Labute approximate surface area is 138 Å². The molecule has 5 nitrogen and oxygen atoms in total. The topological polar surface area (TPSA) is 71.1 Å². The van der Waals surface area contributed by atoms with Gasteiger partial charge >= 0.3 is 0 Å². The van der Waals surface area contributed by atoms with Gasteiger partial charge in [0.25, 0.3) is 0 Å². The highest BCUT2D eigenvalue weighted by Crippen LogP contribution is 2.22. The van der Waals surface area contributed by atoms with Crippen molar-refractivity contribution in [1.29, 1.82) is 0 Å². The lowest BCUT2D eigenvalue weighted by Crippen LogP contribution is -2.37. The molecular formula is C17H17N3O2S. The van der Waals surface area contributed by atoms with Crippen LogP contribution in [-0.4, -0.2) is 22.8 Å². The highest BCUT2D eigenvalue weighted by Gasteiger charge is 2.27. The summed E-state index contributed by atoms with van der Waals surface area (Å²) in [6.45, 7) is 0. The summed E-state index contributed by atoms with van der Waals surface area (Å²) in [6.07, 6.45) is 2.74. The van der Waals surface area contributed by atoms with Gasteiger partial charge in [-0.15, -0.1) is 11.8 Å². The number of carbonyl (C=O) groups is 2. The Morgan fingerprint density at radius 2 is 2.22 bits per heavy atom. The summed E-state index contributed by atoms with van der Waals surface area (Å²) in [7, 11) is 0. The number of nitrogens with zero attached hydrogens (tertiary/aromatic N) is 1. The minimum Gasteiger partial charge on any atom is -0.344 e. The molecule has 1 atom stereocenters. The van der Waals surface area contributed by atoms with Crippen molar-refractivity contribution >= 4 is 29.3 Å². The summed E-state index contributed by atoms with van der Waals surface area (Å²) in [4.78, 5) is 27.6. The number of thioether (sulfide) groups is 1. The Morgan fingerprint density at radius 1 is 1.30 bits per heavy atom. The summed E-state index contributed by atoms with van der Waals surface area (Å²) in [5.41, 5.74) is 1.85. The molecule has 2 N–H and O–H groups in total. The molecular weight excluding hydrogens is 310 g/mol. The Balaban J connectivity index is 1.58. The zero-order valence-corrected chi connectivity index (χ0v) is 13.3. The van der Waals surface area contributed by atoms with Crippen LogP contribution in [-0.2, 0) is 15.3 Å². The molecule has 118 valence electrons. The van der Waals surface area contributed by atoms with Crippen LogP contribution in [0, 0.1) is 0 Å². The van der Waals surface area contributed by atoms with Crippen LogP contribution in [0.15, 0.2) is 53.7 Å². The van der Waals surface area contributed by atoms with Crippen LogP contribution in [0.3, 0.4) is 0 Å². The summed E-state index contributed by atoms with van der Waals surface area (Å²) >= 11 is 1.65. The van der Waals surface area contributed by atoms with E-state index in [1.807, 2.05) is 42.5 Å². The molecule has 1 aliphatic heterocycles. The number of hydrogen-bond donors (Lipinski definition) is 2. The lowest BCUT2D eigenvalue weighted by atomic mass is 10.2. The van der Waals surface area contributed by atoms with Crippen molar-refractivity contribution in [3.8, 4) is 0 Å². The normalized spacial score (nSPS) is 16.9. The van der Waals surface area contributed by atoms with Crippen LogP contribution >= 0.6 is 11.8 Å². The molecule has 0 unspecified atom stereocenters. The maximum absolute atomic E-state index is 12.1. The summed E-state index contributed by atoms with van der Waals surface area (Å²) in [5, 5.41) is 6.50. The number of benzene rings is 1. The molecule has 3 rings (SSSR count). The van der Waals surface area contributed by atoms with Crippen LogP contribution in [0.4, 0.5) is 5.69 Å². The molecule has 0 radical (unpaired) electrons. The third-order valence-corrected chi connectivity index (χ3v) is 4.55. The molecule has 2 amide bonds. The van der Waals surface area contributed by atoms with Gasteiger partial charge in [0.05, 0.1) is 5.03 Å². The maximum atomic E-state index is 12.1. The van der Waals surface area contributed by atoms with Gasteiger partial charge in [-0.3, -0.25) is 9.59 Å². The molecule has 1 saturated heterocycles. The molecule has 2 heterocycles. The third kappa shape index (κ3) is 4.32. The molecule has 6 heteroatoms. The number of pyridine rings is 1. The van der Waals surface area contributed by atoms with Crippen molar-refractivity contribution in [2.75, 3.05) is 5.32 Å². The lowest BCUT2D eigenvalue weighted by molar-refractivity contribution is -0.122. The Kier molecular flexibility index (Phi) is 4.92. The minimum absolute atomic E-state index is 0.0642. The first kappa shape index (κ1) is 15.6. The first-order valence-corrected chi connectivity index (χ1v) is 8.42. The summed E-state index contributed by atoms with van der Waals surface area (Å²) < 4.78 is 0. The minimum atomic E-state index is -0.422. The van der Waals surface area contributed by atoms with Crippen molar-refractivity contribution in [2.24, 2.45) is 0 Å². The fraction of sp³-hybridized carbons (Fsp3) is 0.235. The smallest absolute Gasteiger partial charge is 0.246 e. The molecule has 0 spiro atoms. The van der Waals surface area contributed by atoms with E-state index in [1.54, 1.807) is 18.0 Å². The van der Waals surface area contributed by atoms with E-state index < -0.39 is 6.04 Å². The van der Waals surface area contributed by atoms with E-state index >= 15 is 0 Å². The Morgan fingerprint density at radius 3 is 2.96 bits per heavy atom. The predicted molar refractivity (Wildman–Crippen MR) is 90.0 cm³/mol. The number of anilines is 1. The van der Waals surface area contributed by atoms with Crippen LogP contribution in [0.1, 0.15) is 18.4 Å². The van der Waals surface area contributed by atoms with E-state index in [-0.39, 0.29) is 11.8 Å². The molecule has 1 aromatic heterocycles. The molecule has 0 aliphatic carbocycles. The number of carbonyl (C=O) groups excluding carboxylic acids is 2. The molecule has 1 aromatic carbocycles. The number of aromatic nitrogens is 1. The van der Waals surface area contributed by atoms with Gasteiger partial charge in [0.15, 0.2) is 0 Å². The van der Waals surface area contributed by atoms with Crippen molar-refractivity contribution in [3.63, 3.8) is 0 Å². The number of amides is 2. The van der Waals surface area contributed by atoms with Crippen LogP contribution in [0.5, 0.6) is 0 Å². The van der Waals surface area contributed by atoms with Crippen molar-refractivity contribution in [1.82, 2.24) is 10.3 Å². The third-order valence-electron chi connectivity index (χ3n) is 3.53. The highest BCUT2D eigenvalue weighted by molar-refractivity contribution is 7.98. The van der Waals surface area contributed by atoms with E-state index in [1.165, 1.54) is 0 Å². The predicted octanol–water partition coefficient (Wildman–Crippen LogP) is 2.59. The fourth-order valence-corrected chi connectivity index (χ4v) is 3.17. The molecule has 1 aliphatic rings. The fourth-order valence-electron chi connectivity index (χ4n) is 2.37. The summed E-state index contributed by atoms with van der Waals surface area (Å²) in [6, 6.07) is 13.1. The largest absolute Gasteiger partial charge is 0.344 e. The first-order chi connectivity index (χ1) is 11.2. The second-order valence-corrected chi connectivity index (χ2v) is 6.30. The second kappa shape index (κ2) is 7.28. The Bertz CT molecular complexity index is 706. The van der Waals surface area contributed by atoms with Crippen molar-refractivity contribution in [3.05, 3.63) is 54.2 Å². The van der Waals surface area contributed by atoms with E-state index in [2.05, 4.69) is 15.6 Å². The maximum Gasteiger partial charge on any atom is 0.246 e. The van der Waals surface area contributed by atoms with Crippen molar-refractivity contribution in [2.45, 2.75) is 29.7 Å². The van der Waals surface area contributed by atoms with Crippen molar-refractivity contribution < 1.29 is 9.59 Å². The summed E-state index contributed by atoms with van der Waals surface area (Å²) in [5.74, 6) is 0.553. The van der Waals surface area contributed by atoms with Gasteiger partial charge in [0, 0.05) is 24.1 Å². The van der Waals surface area contributed by atoms with Gasteiger partial charge < -0.3 is 10.6 Å². The molecule has 0 saturated carbocycles. The molecule has 0 bridgehead atoms. The SMILES string of the molecule is O=C1CC[C@H](C(=O)Nc2cccc(CSc3ccccn3)c2)N1. The van der Waals surface area contributed by atoms with Gasteiger partial charge in [0.2, 0.25) is 11.8 Å². The van der Waals surface area contributed by atoms with E-state index in [0.717, 1.165) is 22.0 Å². The zero-order valence-electron chi connectivity index (χ0n) is 12.5. The number of hydrogen-bond acceptors (Lipinski definition) is 4. The quantitative estimate of drug-likeness (QED) is 0.828. The number of nitrogens with one attached hydrogen (secondary N) is 2. The van der Waals surface area contributed by atoms with Gasteiger partial charge in [-0.1, -0.05) is 18.2 Å². The first-order valence-electron chi connectivity index (χ1n) is 7.44. The van der Waals surface area contributed by atoms with E-state index in [9.17, 15) is 9.59 Å². The lowest BCUT2D eigenvalue weighted by Gasteiger charge is -2.11. The van der Waals surface area contributed by atoms with Gasteiger partial charge in [-0.2, -0.15) is 0 Å². The van der Waals surface area contributed by atoms with E-state index in [4.69, 9.17) is 0 Å². The second-order valence-electron chi connectivity index (χ2n) is 5.31. The average Bonchev–Trinajstić information content (AvgIpc) is 3.01. The monoisotopic (exact) mass is 327 g/mol. The van der Waals surface area contributed by atoms with Crippen LogP contribution < -0.4 is 10.6 Å². The van der Waals surface area contributed by atoms with E-state index in [0.29, 0.717) is 12.8 Å². The number of rotatable bonds is 5. The molecule has 2 aromatic rings. The zero-order chi connectivity index (χ0) is 16.1. The average molecular weight is 327 g/mol. The molecule has 1 fully saturated rings. The van der Waals surface area contributed by atoms with Crippen LogP contribution in [0.2, 0.25) is 0 Å². The van der Waals surface area contributed by atoms with Gasteiger partial charge in [0.1, 0.15) is 6.04 Å². The van der Waals surface area contributed by atoms with Crippen LogP contribution in [0.25, 0.3) is 0 Å².